The smallest absolute Gasteiger partial charge is 0.216 e. The van der Waals surface area contributed by atoms with Gasteiger partial charge >= 0.3 is 0 Å². The molecule has 0 fully saturated rings. The Balaban J connectivity index is 2.68. The molecule has 21 heavy (non-hydrogen) atoms. The third kappa shape index (κ3) is 5.91. The second-order valence-electron chi connectivity index (χ2n) is 4.89. The van der Waals surface area contributed by atoms with E-state index in [4.69, 9.17) is 14.2 Å². The number of rotatable bonds is 10. The maximum absolute atomic E-state index is 9.64. The molecule has 0 aromatic heterocycles. The first kappa shape index (κ1) is 17.8. The highest BCUT2D eigenvalue weighted by atomic mass is 16.7. The quantitative estimate of drug-likeness (QED) is 0.650. The normalized spacial score (nSPS) is 12.6. The van der Waals surface area contributed by atoms with Crippen LogP contribution in [0.15, 0.2) is 18.2 Å². The monoisotopic (exact) mass is 297 g/mol. The zero-order valence-corrected chi connectivity index (χ0v) is 13.4. The minimum atomic E-state index is -0.431. The standard InChI is InChI=1S/C16H27NO4/c1-5-9-20-16(21-10-6-2)17-12(3)13-7-8-14(18)15(11-13)19-4/h7-8,11-12,16-18H,5-6,9-10H2,1-4H3/t12-/m0/s1. The lowest BCUT2D eigenvalue weighted by molar-refractivity contribution is -0.165. The van der Waals surface area contributed by atoms with Gasteiger partial charge in [-0.05, 0) is 37.5 Å². The number of methoxy groups -OCH3 is 1. The van der Waals surface area contributed by atoms with Gasteiger partial charge in [0.15, 0.2) is 11.5 Å². The second-order valence-corrected chi connectivity index (χ2v) is 4.89. The number of hydrogen-bond acceptors (Lipinski definition) is 5. The highest BCUT2D eigenvalue weighted by Gasteiger charge is 2.15. The summed E-state index contributed by atoms with van der Waals surface area (Å²) in [5.74, 6) is 0.594. The first-order valence-electron chi connectivity index (χ1n) is 7.48. The van der Waals surface area contributed by atoms with E-state index in [1.165, 1.54) is 7.11 Å². The summed E-state index contributed by atoms with van der Waals surface area (Å²) < 4.78 is 16.4. The van der Waals surface area contributed by atoms with Crippen LogP contribution in [0.1, 0.15) is 45.2 Å². The van der Waals surface area contributed by atoms with Crippen molar-refractivity contribution in [2.24, 2.45) is 0 Å². The fourth-order valence-electron chi connectivity index (χ4n) is 1.86. The number of benzene rings is 1. The molecule has 1 aromatic carbocycles. The predicted molar refractivity (Wildman–Crippen MR) is 82.5 cm³/mol. The van der Waals surface area contributed by atoms with Gasteiger partial charge < -0.3 is 19.3 Å². The summed E-state index contributed by atoms with van der Waals surface area (Å²) in [7, 11) is 1.54. The first-order valence-corrected chi connectivity index (χ1v) is 7.48. The average molecular weight is 297 g/mol. The molecule has 0 amide bonds. The van der Waals surface area contributed by atoms with Crippen molar-refractivity contribution in [3.8, 4) is 11.5 Å². The van der Waals surface area contributed by atoms with Crippen molar-refractivity contribution in [2.75, 3.05) is 20.3 Å². The average Bonchev–Trinajstić information content (AvgIpc) is 2.50. The topological polar surface area (TPSA) is 60.0 Å². The zero-order valence-electron chi connectivity index (χ0n) is 13.4. The van der Waals surface area contributed by atoms with E-state index >= 15 is 0 Å². The Morgan fingerprint density at radius 3 is 2.29 bits per heavy atom. The Hall–Kier alpha value is -1.30. The van der Waals surface area contributed by atoms with Crippen molar-refractivity contribution in [3.63, 3.8) is 0 Å². The third-order valence-corrected chi connectivity index (χ3v) is 3.04. The van der Waals surface area contributed by atoms with Gasteiger partial charge in [0.25, 0.3) is 0 Å². The van der Waals surface area contributed by atoms with Crippen LogP contribution in [0.2, 0.25) is 0 Å². The van der Waals surface area contributed by atoms with Crippen LogP contribution in [-0.2, 0) is 9.47 Å². The number of ether oxygens (including phenoxy) is 3. The van der Waals surface area contributed by atoms with Crippen LogP contribution in [0.25, 0.3) is 0 Å². The molecule has 5 nitrogen and oxygen atoms in total. The van der Waals surface area contributed by atoms with Crippen LogP contribution in [0.3, 0.4) is 0 Å². The first-order chi connectivity index (χ1) is 10.1. The predicted octanol–water partition coefficient (Wildman–Crippen LogP) is 3.19. The fraction of sp³-hybridized carbons (Fsp3) is 0.625. The molecule has 0 aliphatic heterocycles. The molecule has 0 aliphatic carbocycles. The summed E-state index contributed by atoms with van der Waals surface area (Å²) in [6, 6.07) is 5.30. The van der Waals surface area contributed by atoms with Crippen LogP contribution < -0.4 is 10.1 Å². The van der Waals surface area contributed by atoms with Gasteiger partial charge in [0, 0.05) is 6.04 Å². The van der Waals surface area contributed by atoms with E-state index in [0.29, 0.717) is 19.0 Å². The van der Waals surface area contributed by atoms with Gasteiger partial charge in [-0.2, -0.15) is 0 Å². The molecule has 1 aromatic rings. The number of phenols is 1. The molecule has 0 saturated carbocycles. The summed E-state index contributed by atoms with van der Waals surface area (Å²) >= 11 is 0. The number of nitrogens with one attached hydrogen (secondary N) is 1. The lowest BCUT2D eigenvalue weighted by atomic mass is 10.1. The maximum atomic E-state index is 9.64. The van der Waals surface area contributed by atoms with Gasteiger partial charge in [0.2, 0.25) is 6.41 Å². The molecule has 0 saturated heterocycles. The van der Waals surface area contributed by atoms with Crippen LogP contribution in [0.4, 0.5) is 0 Å². The van der Waals surface area contributed by atoms with E-state index in [-0.39, 0.29) is 11.8 Å². The molecule has 0 aliphatic rings. The molecule has 1 atom stereocenters. The number of hydrogen-bond donors (Lipinski definition) is 2. The molecular formula is C16H27NO4. The van der Waals surface area contributed by atoms with Gasteiger partial charge in [0.05, 0.1) is 20.3 Å². The van der Waals surface area contributed by atoms with Crippen LogP contribution in [0.5, 0.6) is 11.5 Å². The summed E-state index contributed by atoms with van der Waals surface area (Å²) in [6.07, 6.45) is 1.45. The van der Waals surface area contributed by atoms with E-state index < -0.39 is 6.41 Å². The molecule has 120 valence electrons. The van der Waals surface area contributed by atoms with Gasteiger partial charge in [-0.15, -0.1) is 0 Å². The van der Waals surface area contributed by atoms with E-state index in [0.717, 1.165) is 18.4 Å². The zero-order chi connectivity index (χ0) is 15.7. The lowest BCUT2D eigenvalue weighted by Crippen LogP contribution is -2.36. The number of aromatic hydroxyl groups is 1. The van der Waals surface area contributed by atoms with E-state index in [2.05, 4.69) is 19.2 Å². The fourth-order valence-corrected chi connectivity index (χ4v) is 1.86. The molecule has 1 rings (SSSR count). The number of phenolic OH excluding ortho intramolecular Hbond substituents is 1. The third-order valence-electron chi connectivity index (χ3n) is 3.04. The summed E-state index contributed by atoms with van der Waals surface area (Å²) in [6.45, 7) is 7.43. The minimum absolute atomic E-state index is 0.0122. The highest BCUT2D eigenvalue weighted by Crippen LogP contribution is 2.29. The van der Waals surface area contributed by atoms with Crippen molar-refractivity contribution in [2.45, 2.75) is 46.1 Å². The van der Waals surface area contributed by atoms with Crippen LogP contribution in [-0.4, -0.2) is 31.8 Å². The van der Waals surface area contributed by atoms with Gasteiger partial charge in [-0.1, -0.05) is 19.9 Å². The second kappa shape index (κ2) is 9.60. The van der Waals surface area contributed by atoms with Gasteiger partial charge in [-0.25, -0.2) is 0 Å². The van der Waals surface area contributed by atoms with Crippen LogP contribution >= 0.6 is 0 Å². The van der Waals surface area contributed by atoms with Gasteiger partial charge in [-0.3, -0.25) is 5.32 Å². The SMILES string of the molecule is CCCOC(N[C@@H](C)c1ccc(O)c(OC)c1)OCCC. The highest BCUT2D eigenvalue weighted by molar-refractivity contribution is 5.42. The molecule has 0 spiro atoms. The van der Waals surface area contributed by atoms with Crippen LogP contribution in [0, 0.1) is 0 Å². The summed E-state index contributed by atoms with van der Waals surface area (Å²) in [4.78, 5) is 0. The molecule has 0 radical (unpaired) electrons. The Labute approximate surface area is 127 Å². The van der Waals surface area contributed by atoms with Crippen molar-refractivity contribution >= 4 is 0 Å². The molecular weight excluding hydrogens is 270 g/mol. The van der Waals surface area contributed by atoms with E-state index in [9.17, 15) is 5.11 Å². The Kier molecular flexibility index (Phi) is 8.12. The summed E-state index contributed by atoms with van der Waals surface area (Å²) in [5, 5.41) is 12.9. The molecule has 0 bridgehead atoms. The molecule has 0 heterocycles. The Morgan fingerprint density at radius 1 is 1.14 bits per heavy atom. The van der Waals surface area contributed by atoms with E-state index in [1.54, 1.807) is 6.07 Å². The van der Waals surface area contributed by atoms with Crippen molar-refractivity contribution in [3.05, 3.63) is 23.8 Å². The Bertz CT molecular complexity index is 403. The maximum Gasteiger partial charge on any atom is 0.216 e. The van der Waals surface area contributed by atoms with Crippen molar-refractivity contribution in [1.82, 2.24) is 5.32 Å². The molecule has 0 unspecified atom stereocenters. The molecule has 2 N–H and O–H groups in total. The summed E-state index contributed by atoms with van der Waals surface area (Å²) in [5.41, 5.74) is 0.995. The van der Waals surface area contributed by atoms with Gasteiger partial charge in [0.1, 0.15) is 0 Å². The lowest BCUT2D eigenvalue weighted by Gasteiger charge is -2.24. The van der Waals surface area contributed by atoms with E-state index in [1.807, 2.05) is 19.1 Å². The minimum Gasteiger partial charge on any atom is -0.504 e. The molecule has 5 heteroatoms. The van der Waals surface area contributed by atoms with Crippen molar-refractivity contribution in [1.29, 1.82) is 0 Å². The van der Waals surface area contributed by atoms with Crippen molar-refractivity contribution < 1.29 is 19.3 Å². The largest absolute Gasteiger partial charge is 0.504 e. The Morgan fingerprint density at radius 2 is 1.76 bits per heavy atom.